The lowest BCUT2D eigenvalue weighted by Crippen LogP contribution is -2.38. The predicted octanol–water partition coefficient (Wildman–Crippen LogP) is 2.25. The molecule has 0 aromatic heterocycles. The van der Waals surface area contributed by atoms with Gasteiger partial charge in [-0.25, -0.2) is 0 Å². The lowest BCUT2D eigenvalue weighted by atomic mass is 9.99. The van der Waals surface area contributed by atoms with E-state index in [4.69, 9.17) is 5.73 Å². The number of amides is 1. The van der Waals surface area contributed by atoms with Crippen LogP contribution in [0.1, 0.15) is 25.3 Å². The minimum Gasteiger partial charge on any atom is -0.397 e. The minimum absolute atomic E-state index is 0.0186. The molecule has 19 heavy (non-hydrogen) atoms. The quantitative estimate of drug-likeness (QED) is 0.820. The first kappa shape index (κ1) is 13.9. The van der Waals surface area contributed by atoms with E-state index in [9.17, 15) is 4.79 Å². The number of nitrogen functional groups attached to an aromatic ring is 1. The summed E-state index contributed by atoms with van der Waals surface area (Å²) in [6.07, 6.45) is 2.36. The third-order valence-corrected chi connectivity index (χ3v) is 3.72. The van der Waals surface area contributed by atoms with Crippen LogP contribution in [0.25, 0.3) is 0 Å². The van der Waals surface area contributed by atoms with Crippen molar-refractivity contribution in [1.82, 2.24) is 4.90 Å². The van der Waals surface area contributed by atoms with Crippen molar-refractivity contribution >= 4 is 17.3 Å². The molecule has 0 atom stereocenters. The number of anilines is 2. The van der Waals surface area contributed by atoms with Crippen LogP contribution in [0.5, 0.6) is 0 Å². The summed E-state index contributed by atoms with van der Waals surface area (Å²) in [6, 6.07) is 5.69. The molecule has 1 amide bonds. The molecular weight excluding hydrogens is 238 g/mol. The van der Waals surface area contributed by atoms with Crippen LogP contribution in [0, 0.1) is 12.8 Å². The zero-order valence-electron chi connectivity index (χ0n) is 11.8. The third kappa shape index (κ3) is 3.96. The second-order valence-electron chi connectivity index (χ2n) is 5.60. The number of nitrogens with one attached hydrogen (secondary N) is 1. The van der Waals surface area contributed by atoms with E-state index in [2.05, 4.69) is 17.1 Å². The number of carbonyl (C=O) groups is 1. The molecule has 0 aliphatic carbocycles. The Morgan fingerprint density at radius 1 is 1.42 bits per heavy atom. The molecule has 0 bridgehead atoms. The van der Waals surface area contributed by atoms with Gasteiger partial charge in [0.15, 0.2) is 0 Å². The number of hydrogen-bond donors (Lipinski definition) is 2. The Kier molecular flexibility index (Phi) is 4.43. The molecule has 0 radical (unpaired) electrons. The van der Waals surface area contributed by atoms with Crippen molar-refractivity contribution in [2.45, 2.75) is 26.7 Å². The van der Waals surface area contributed by atoms with Crippen LogP contribution in [0.3, 0.4) is 0 Å². The Morgan fingerprint density at radius 2 is 2.11 bits per heavy atom. The highest BCUT2D eigenvalue weighted by Gasteiger charge is 2.18. The maximum absolute atomic E-state index is 12.0. The number of nitrogens with zero attached hydrogens (tertiary/aromatic N) is 1. The molecule has 1 aliphatic rings. The fourth-order valence-electron chi connectivity index (χ4n) is 2.41. The predicted molar refractivity (Wildman–Crippen MR) is 79.1 cm³/mol. The number of carbonyl (C=O) groups excluding carboxylic acids is 1. The molecule has 104 valence electrons. The molecular formula is C15H23N3O. The number of piperidine rings is 1. The summed E-state index contributed by atoms with van der Waals surface area (Å²) in [7, 11) is 0. The van der Waals surface area contributed by atoms with Gasteiger partial charge in [-0.15, -0.1) is 0 Å². The second kappa shape index (κ2) is 6.06. The van der Waals surface area contributed by atoms with Crippen molar-refractivity contribution in [3.05, 3.63) is 23.8 Å². The van der Waals surface area contributed by atoms with E-state index in [0.717, 1.165) is 24.6 Å². The van der Waals surface area contributed by atoms with Gasteiger partial charge in [-0.2, -0.15) is 0 Å². The third-order valence-electron chi connectivity index (χ3n) is 3.72. The Morgan fingerprint density at radius 3 is 2.74 bits per heavy atom. The highest BCUT2D eigenvalue weighted by atomic mass is 16.2. The Bertz CT molecular complexity index is 451. The van der Waals surface area contributed by atoms with Gasteiger partial charge in [-0.1, -0.05) is 13.0 Å². The number of nitrogens with two attached hydrogens (primary N) is 1. The summed E-state index contributed by atoms with van der Waals surface area (Å²) in [4.78, 5) is 14.2. The molecule has 0 saturated carbocycles. The highest BCUT2D eigenvalue weighted by molar-refractivity contribution is 5.95. The molecule has 1 aliphatic heterocycles. The maximum atomic E-state index is 12.0. The van der Waals surface area contributed by atoms with Crippen LogP contribution in [0.4, 0.5) is 11.4 Å². The van der Waals surface area contributed by atoms with E-state index in [1.165, 1.54) is 12.8 Å². The number of rotatable bonds is 3. The van der Waals surface area contributed by atoms with Gasteiger partial charge < -0.3 is 11.1 Å². The number of likely N-dealkylation sites (tertiary alicyclic amines) is 1. The molecule has 3 N–H and O–H groups in total. The zero-order valence-corrected chi connectivity index (χ0v) is 11.8. The largest absolute Gasteiger partial charge is 0.397 e. The summed E-state index contributed by atoms with van der Waals surface area (Å²) in [5.41, 5.74) is 8.33. The maximum Gasteiger partial charge on any atom is 0.238 e. The smallest absolute Gasteiger partial charge is 0.238 e. The fourth-order valence-corrected chi connectivity index (χ4v) is 2.41. The lowest BCUT2D eigenvalue weighted by Gasteiger charge is -2.29. The first-order valence-electron chi connectivity index (χ1n) is 6.93. The van der Waals surface area contributed by atoms with Crippen LogP contribution in [0.15, 0.2) is 18.2 Å². The van der Waals surface area contributed by atoms with Gasteiger partial charge in [-0.05, 0) is 56.5 Å². The molecule has 4 heteroatoms. The topological polar surface area (TPSA) is 58.4 Å². The van der Waals surface area contributed by atoms with Gasteiger partial charge >= 0.3 is 0 Å². The van der Waals surface area contributed by atoms with Gasteiger partial charge in [0.05, 0.1) is 17.9 Å². The molecule has 0 unspecified atom stereocenters. The highest BCUT2D eigenvalue weighted by Crippen LogP contribution is 2.20. The summed E-state index contributed by atoms with van der Waals surface area (Å²) in [6.45, 7) is 6.73. The van der Waals surface area contributed by atoms with Crippen LogP contribution in [0.2, 0.25) is 0 Å². The van der Waals surface area contributed by atoms with E-state index in [1.54, 1.807) is 0 Å². The van der Waals surface area contributed by atoms with Crippen LogP contribution >= 0.6 is 0 Å². The Hall–Kier alpha value is -1.55. The van der Waals surface area contributed by atoms with Crippen LogP contribution < -0.4 is 11.1 Å². The van der Waals surface area contributed by atoms with Gasteiger partial charge in [0.25, 0.3) is 0 Å². The fraction of sp³-hybridized carbons (Fsp3) is 0.533. The van der Waals surface area contributed by atoms with E-state index >= 15 is 0 Å². The van der Waals surface area contributed by atoms with Gasteiger partial charge in [0.2, 0.25) is 5.91 Å². The molecule has 1 saturated heterocycles. The van der Waals surface area contributed by atoms with Crippen LogP contribution in [-0.4, -0.2) is 30.4 Å². The van der Waals surface area contributed by atoms with Gasteiger partial charge in [-0.3, -0.25) is 9.69 Å². The number of aryl methyl sites for hydroxylation is 1. The molecule has 2 rings (SSSR count). The van der Waals surface area contributed by atoms with Crippen molar-refractivity contribution in [2.24, 2.45) is 5.92 Å². The van der Waals surface area contributed by atoms with Crippen molar-refractivity contribution in [3.8, 4) is 0 Å². The molecule has 1 aromatic carbocycles. The first-order chi connectivity index (χ1) is 9.04. The van der Waals surface area contributed by atoms with Crippen molar-refractivity contribution in [1.29, 1.82) is 0 Å². The van der Waals surface area contributed by atoms with Gasteiger partial charge in [0.1, 0.15) is 0 Å². The average molecular weight is 261 g/mol. The van der Waals surface area contributed by atoms with Crippen molar-refractivity contribution in [3.63, 3.8) is 0 Å². The van der Waals surface area contributed by atoms with E-state index in [1.807, 2.05) is 25.1 Å². The summed E-state index contributed by atoms with van der Waals surface area (Å²) in [5, 5.41) is 2.89. The van der Waals surface area contributed by atoms with E-state index in [-0.39, 0.29) is 5.91 Å². The average Bonchev–Trinajstić information content (AvgIpc) is 2.36. The number of benzene rings is 1. The first-order valence-corrected chi connectivity index (χ1v) is 6.93. The molecule has 1 fully saturated rings. The molecule has 1 aromatic rings. The zero-order chi connectivity index (χ0) is 13.8. The van der Waals surface area contributed by atoms with Crippen molar-refractivity contribution < 1.29 is 4.79 Å². The monoisotopic (exact) mass is 261 g/mol. The van der Waals surface area contributed by atoms with Crippen molar-refractivity contribution in [2.75, 3.05) is 30.7 Å². The van der Waals surface area contributed by atoms with Gasteiger partial charge in [0, 0.05) is 0 Å². The molecule has 0 spiro atoms. The summed E-state index contributed by atoms with van der Waals surface area (Å²) in [5.74, 6) is 0.803. The lowest BCUT2D eigenvalue weighted by molar-refractivity contribution is -0.117. The standard InChI is InChI=1S/C15H23N3O/c1-11-5-7-18(8-6-11)10-15(19)17-14-4-3-12(2)9-13(14)16/h3-4,9,11H,5-8,10,16H2,1-2H3,(H,17,19). The van der Waals surface area contributed by atoms with E-state index < -0.39 is 0 Å². The molecule has 1 heterocycles. The second-order valence-corrected chi connectivity index (χ2v) is 5.60. The minimum atomic E-state index is 0.0186. The summed E-state index contributed by atoms with van der Waals surface area (Å²) >= 11 is 0. The number of hydrogen-bond acceptors (Lipinski definition) is 3. The Labute approximate surface area is 115 Å². The summed E-state index contributed by atoms with van der Waals surface area (Å²) < 4.78 is 0. The van der Waals surface area contributed by atoms with Crippen LogP contribution in [-0.2, 0) is 4.79 Å². The SMILES string of the molecule is Cc1ccc(NC(=O)CN2CCC(C)CC2)c(N)c1. The Balaban J connectivity index is 1.87. The normalized spacial score (nSPS) is 17.4. The molecule has 4 nitrogen and oxygen atoms in total. The van der Waals surface area contributed by atoms with E-state index in [0.29, 0.717) is 17.9 Å².